The number of nitrogens with two attached hydrogens (primary N) is 1. The first-order chi connectivity index (χ1) is 8.60. The fraction of sp³-hybridized carbons (Fsp3) is 0.0833. The largest absolute Gasteiger partial charge is 0.481 e. The van der Waals surface area contributed by atoms with Gasteiger partial charge in [0, 0.05) is 24.3 Å². The fourth-order valence-corrected chi connectivity index (χ4v) is 1.30. The summed E-state index contributed by atoms with van der Waals surface area (Å²) in [6, 6.07) is 6.44. The summed E-state index contributed by atoms with van der Waals surface area (Å²) in [5, 5.41) is 0. The number of nitrogen functional groups attached to an aromatic ring is 1. The molecule has 2 N–H and O–H groups in total. The SMILES string of the molecule is COc1cccc(Oc2cc(F)c(N)cc2F)n1. The number of hydrogen-bond acceptors (Lipinski definition) is 4. The summed E-state index contributed by atoms with van der Waals surface area (Å²) < 4.78 is 36.7. The molecule has 0 aliphatic rings. The summed E-state index contributed by atoms with van der Waals surface area (Å²) >= 11 is 0. The minimum absolute atomic E-state index is 0.0948. The zero-order valence-corrected chi connectivity index (χ0v) is 9.48. The summed E-state index contributed by atoms with van der Waals surface area (Å²) in [4.78, 5) is 3.91. The molecule has 94 valence electrons. The Morgan fingerprint density at radius 2 is 1.83 bits per heavy atom. The van der Waals surface area contributed by atoms with Crippen LogP contribution in [0.4, 0.5) is 14.5 Å². The van der Waals surface area contributed by atoms with Crippen LogP contribution in [0.15, 0.2) is 30.3 Å². The van der Waals surface area contributed by atoms with E-state index >= 15 is 0 Å². The molecule has 2 aromatic rings. The van der Waals surface area contributed by atoms with Gasteiger partial charge >= 0.3 is 0 Å². The molecule has 1 aromatic carbocycles. The number of halogens is 2. The number of nitrogens with zero attached hydrogens (tertiary/aromatic N) is 1. The molecule has 1 aromatic heterocycles. The van der Waals surface area contributed by atoms with E-state index < -0.39 is 11.6 Å². The topological polar surface area (TPSA) is 57.4 Å². The number of pyridine rings is 1. The lowest BCUT2D eigenvalue weighted by Crippen LogP contribution is -1.97. The van der Waals surface area contributed by atoms with E-state index in [0.717, 1.165) is 12.1 Å². The number of hydrogen-bond donors (Lipinski definition) is 1. The number of aromatic nitrogens is 1. The van der Waals surface area contributed by atoms with Gasteiger partial charge in [0.05, 0.1) is 12.8 Å². The second kappa shape index (κ2) is 4.87. The lowest BCUT2D eigenvalue weighted by atomic mass is 10.3. The third kappa shape index (κ3) is 2.48. The van der Waals surface area contributed by atoms with Crippen molar-refractivity contribution in [1.82, 2.24) is 4.98 Å². The predicted octanol–water partition coefficient (Wildman–Crippen LogP) is 2.74. The van der Waals surface area contributed by atoms with Gasteiger partial charge in [-0.25, -0.2) is 8.78 Å². The first kappa shape index (κ1) is 12.1. The van der Waals surface area contributed by atoms with Gasteiger partial charge in [-0.05, 0) is 0 Å². The van der Waals surface area contributed by atoms with Crippen molar-refractivity contribution in [1.29, 1.82) is 0 Å². The Hall–Kier alpha value is -2.37. The van der Waals surface area contributed by atoms with Gasteiger partial charge < -0.3 is 15.2 Å². The molecule has 0 spiro atoms. The highest BCUT2D eigenvalue weighted by molar-refractivity contribution is 5.45. The highest BCUT2D eigenvalue weighted by atomic mass is 19.1. The average molecular weight is 252 g/mol. The van der Waals surface area contributed by atoms with E-state index in [1.54, 1.807) is 12.1 Å². The molecule has 0 fully saturated rings. The van der Waals surface area contributed by atoms with E-state index in [4.69, 9.17) is 15.2 Å². The summed E-state index contributed by atoms with van der Waals surface area (Å²) in [6.07, 6.45) is 0. The minimum Gasteiger partial charge on any atom is -0.481 e. The first-order valence-electron chi connectivity index (χ1n) is 5.03. The van der Waals surface area contributed by atoms with Gasteiger partial charge in [0.25, 0.3) is 0 Å². The van der Waals surface area contributed by atoms with Crippen LogP contribution >= 0.6 is 0 Å². The molecule has 6 heteroatoms. The van der Waals surface area contributed by atoms with Crippen LogP contribution in [-0.4, -0.2) is 12.1 Å². The Morgan fingerprint density at radius 3 is 2.56 bits per heavy atom. The molecular formula is C12H10F2N2O2. The Kier molecular flexibility index (Phi) is 3.27. The quantitative estimate of drug-likeness (QED) is 0.853. The van der Waals surface area contributed by atoms with Crippen molar-refractivity contribution in [3.63, 3.8) is 0 Å². The van der Waals surface area contributed by atoms with Gasteiger partial charge in [-0.2, -0.15) is 4.98 Å². The Morgan fingerprint density at radius 1 is 1.11 bits per heavy atom. The Balaban J connectivity index is 2.30. The molecule has 0 radical (unpaired) electrons. The van der Waals surface area contributed by atoms with E-state index in [1.807, 2.05) is 0 Å². The second-order valence-electron chi connectivity index (χ2n) is 3.42. The van der Waals surface area contributed by atoms with Crippen LogP contribution in [0.25, 0.3) is 0 Å². The highest BCUT2D eigenvalue weighted by Gasteiger charge is 2.10. The third-order valence-electron chi connectivity index (χ3n) is 2.17. The van der Waals surface area contributed by atoms with Crippen LogP contribution in [0.2, 0.25) is 0 Å². The molecule has 0 aliphatic heterocycles. The van der Waals surface area contributed by atoms with Gasteiger partial charge in [-0.3, -0.25) is 0 Å². The first-order valence-corrected chi connectivity index (χ1v) is 5.03. The average Bonchev–Trinajstić information content (AvgIpc) is 2.36. The zero-order chi connectivity index (χ0) is 13.1. The summed E-state index contributed by atoms with van der Waals surface area (Å²) in [5.74, 6) is -1.41. The van der Waals surface area contributed by atoms with Crippen molar-refractivity contribution in [2.24, 2.45) is 0 Å². The lowest BCUT2D eigenvalue weighted by Gasteiger charge is -2.08. The van der Waals surface area contributed by atoms with Crippen LogP contribution in [-0.2, 0) is 0 Å². The van der Waals surface area contributed by atoms with Crippen molar-refractivity contribution >= 4 is 5.69 Å². The van der Waals surface area contributed by atoms with E-state index in [2.05, 4.69) is 4.98 Å². The second-order valence-corrected chi connectivity index (χ2v) is 3.42. The van der Waals surface area contributed by atoms with Gasteiger partial charge in [-0.15, -0.1) is 0 Å². The monoisotopic (exact) mass is 252 g/mol. The lowest BCUT2D eigenvalue weighted by molar-refractivity contribution is 0.377. The van der Waals surface area contributed by atoms with E-state index in [1.165, 1.54) is 13.2 Å². The predicted molar refractivity (Wildman–Crippen MR) is 61.6 cm³/mol. The molecule has 0 saturated carbocycles. The standard InChI is InChI=1S/C12H10F2N2O2/c1-17-11-3-2-4-12(16-11)18-10-6-7(13)9(15)5-8(10)14/h2-6H,15H2,1H3. The molecule has 0 amide bonds. The fourth-order valence-electron chi connectivity index (χ4n) is 1.30. The molecule has 4 nitrogen and oxygen atoms in total. The molecular weight excluding hydrogens is 242 g/mol. The number of rotatable bonds is 3. The molecule has 0 bridgehead atoms. The van der Waals surface area contributed by atoms with Gasteiger partial charge in [0.1, 0.15) is 5.82 Å². The third-order valence-corrected chi connectivity index (χ3v) is 2.17. The molecule has 18 heavy (non-hydrogen) atoms. The van der Waals surface area contributed by atoms with Crippen molar-refractivity contribution in [2.75, 3.05) is 12.8 Å². The number of anilines is 1. The van der Waals surface area contributed by atoms with E-state index in [-0.39, 0.29) is 17.3 Å². The van der Waals surface area contributed by atoms with E-state index in [0.29, 0.717) is 5.88 Å². The molecule has 1 heterocycles. The van der Waals surface area contributed by atoms with Crippen molar-refractivity contribution in [3.05, 3.63) is 42.0 Å². The van der Waals surface area contributed by atoms with Gasteiger partial charge in [0.2, 0.25) is 11.8 Å². The molecule has 0 atom stereocenters. The smallest absolute Gasteiger partial charge is 0.222 e. The summed E-state index contributed by atoms with van der Waals surface area (Å²) in [6.45, 7) is 0. The van der Waals surface area contributed by atoms with Gasteiger partial charge in [-0.1, -0.05) is 6.07 Å². The maximum absolute atomic E-state index is 13.5. The molecule has 0 aliphatic carbocycles. The van der Waals surface area contributed by atoms with Crippen molar-refractivity contribution in [2.45, 2.75) is 0 Å². The van der Waals surface area contributed by atoms with Crippen LogP contribution in [0.3, 0.4) is 0 Å². The maximum Gasteiger partial charge on any atom is 0.222 e. The van der Waals surface area contributed by atoms with Crippen LogP contribution in [0.1, 0.15) is 0 Å². The number of methoxy groups -OCH3 is 1. The molecule has 2 rings (SSSR count). The minimum atomic E-state index is -0.765. The van der Waals surface area contributed by atoms with Crippen molar-refractivity contribution < 1.29 is 18.3 Å². The highest BCUT2D eigenvalue weighted by Crippen LogP contribution is 2.27. The number of benzene rings is 1. The molecule has 0 saturated heterocycles. The number of ether oxygens (including phenoxy) is 2. The summed E-state index contributed by atoms with van der Waals surface area (Å²) in [5.41, 5.74) is 4.94. The summed E-state index contributed by atoms with van der Waals surface area (Å²) in [7, 11) is 1.44. The van der Waals surface area contributed by atoms with Crippen LogP contribution < -0.4 is 15.2 Å². The van der Waals surface area contributed by atoms with Crippen molar-refractivity contribution in [3.8, 4) is 17.5 Å². The zero-order valence-electron chi connectivity index (χ0n) is 9.48. The Bertz CT molecular complexity index is 576. The van der Waals surface area contributed by atoms with Gasteiger partial charge in [0.15, 0.2) is 11.6 Å². The Labute approximate surface area is 102 Å². The van der Waals surface area contributed by atoms with Crippen LogP contribution in [0.5, 0.6) is 17.5 Å². The van der Waals surface area contributed by atoms with Crippen LogP contribution in [0, 0.1) is 11.6 Å². The normalized spacial score (nSPS) is 10.2. The molecule has 0 unspecified atom stereocenters. The van der Waals surface area contributed by atoms with E-state index in [9.17, 15) is 8.78 Å². The maximum atomic E-state index is 13.5.